The van der Waals surface area contributed by atoms with Crippen LogP contribution in [-0.4, -0.2) is 50.6 Å². The van der Waals surface area contributed by atoms with E-state index in [9.17, 15) is 18.0 Å². The fraction of sp³-hybridized carbons (Fsp3) is 0.364. The van der Waals surface area contributed by atoms with E-state index in [1.165, 1.54) is 0 Å². The van der Waals surface area contributed by atoms with Crippen LogP contribution < -0.4 is 4.31 Å². The Kier molecular flexibility index (Phi) is 8.00. The topological polar surface area (TPSA) is 84.0 Å². The van der Waals surface area contributed by atoms with E-state index in [4.69, 9.17) is 4.74 Å². The lowest BCUT2D eigenvalue weighted by molar-refractivity contribution is -0.151. The highest BCUT2D eigenvalue weighted by molar-refractivity contribution is 7.92. The number of hydrogen-bond acceptors (Lipinski definition) is 5. The Labute approximate surface area is 178 Å². The SMILES string of the molecule is Cc1ccccc1N(CC(=O)OCC(=O)N(Cc1ccccc1)C(C)C)S(C)(=O)=O. The number of nitrogens with zero attached hydrogens (tertiary/aromatic N) is 2. The van der Waals surface area contributed by atoms with Gasteiger partial charge >= 0.3 is 5.97 Å². The number of para-hydroxylation sites is 1. The zero-order chi connectivity index (χ0) is 22.3. The predicted octanol–water partition coefficient (Wildman–Crippen LogP) is 2.74. The van der Waals surface area contributed by atoms with Gasteiger partial charge in [0.15, 0.2) is 6.61 Å². The summed E-state index contributed by atoms with van der Waals surface area (Å²) in [5.74, 6) is -1.13. The van der Waals surface area contributed by atoms with E-state index in [-0.39, 0.29) is 11.9 Å². The van der Waals surface area contributed by atoms with Gasteiger partial charge in [-0.15, -0.1) is 0 Å². The average molecular weight is 433 g/mol. The quantitative estimate of drug-likeness (QED) is 0.569. The second-order valence-electron chi connectivity index (χ2n) is 7.32. The monoisotopic (exact) mass is 432 g/mol. The zero-order valence-corrected chi connectivity index (χ0v) is 18.6. The summed E-state index contributed by atoms with van der Waals surface area (Å²) in [5.41, 5.74) is 2.07. The number of benzene rings is 2. The van der Waals surface area contributed by atoms with E-state index < -0.39 is 29.1 Å². The summed E-state index contributed by atoms with van der Waals surface area (Å²) < 4.78 is 30.5. The molecule has 0 aliphatic rings. The third-order valence-electron chi connectivity index (χ3n) is 4.55. The zero-order valence-electron chi connectivity index (χ0n) is 17.7. The van der Waals surface area contributed by atoms with Crippen LogP contribution in [-0.2, 0) is 30.9 Å². The molecule has 162 valence electrons. The first-order valence-electron chi connectivity index (χ1n) is 9.62. The number of ether oxygens (including phenoxy) is 1. The molecule has 0 aliphatic carbocycles. The molecule has 2 aromatic rings. The van der Waals surface area contributed by atoms with Crippen molar-refractivity contribution in [1.29, 1.82) is 0 Å². The average Bonchev–Trinajstić information content (AvgIpc) is 2.69. The second kappa shape index (κ2) is 10.2. The van der Waals surface area contributed by atoms with E-state index in [0.717, 1.165) is 16.1 Å². The van der Waals surface area contributed by atoms with Crippen LogP contribution in [0, 0.1) is 6.92 Å². The van der Waals surface area contributed by atoms with Gasteiger partial charge in [0.2, 0.25) is 10.0 Å². The Morgan fingerprint density at radius 3 is 2.17 bits per heavy atom. The van der Waals surface area contributed by atoms with Crippen molar-refractivity contribution in [3.8, 4) is 0 Å². The van der Waals surface area contributed by atoms with Crippen LogP contribution in [0.25, 0.3) is 0 Å². The third-order valence-corrected chi connectivity index (χ3v) is 5.68. The van der Waals surface area contributed by atoms with Crippen LogP contribution in [0.3, 0.4) is 0 Å². The molecular weight excluding hydrogens is 404 g/mol. The first-order chi connectivity index (χ1) is 14.1. The molecule has 0 saturated carbocycles. The van der Waals surface area contributed by atoms with Crippen LogP contribution in [0.2, 0.25) is 0 Å². The Morgan fingerprint density at radius 2 is 1.60 bits per heavy atom. The van der Waals surface area contributed by atoms with Crippen molar-refractivity contribution in [3.63, 3.8) is 0 Å². The minimum Gasteiger partial charge on any atom is -0.454 e. The minimum atomic E-state index is -3.71. The van der Waals surface area contributed by atoms with Gasteiger partial charge in [0.05, 0.1) is 11.9 Å². The summed E-state index contributed by atoms with van der Waals surface area (Å²) in [6.07, 6.45) is 1.03. The molecule has 1 amide bonds. The normalized spacial score (nSPS) is 11.2. The first-order valence-corrected chi connectivity index (χ1v) is 11.5. The summed E-state index contributed by atoms with van der Waals surface area (Å²) in [4.78, 5) is 26.6. The van der Waals surface area contributed by atoms with Crippen molar-refractivity contribution in [1.82, 2.24) is 4.90 Å². The van der Waals surface area contributed by atoms with Crippen LogP contribution in [0.4, 0.5) is 5.69 Å². The number of rotatable bonds is 9. The molecular formula is C22H28N2O5S. The minimum absolute atomic E-state index is 0.0871. The first kappa shape index (κ1) is 23.4. The summed E-state index contributed by atoms with van der Waals surface area (Å²) in [5, 5.41) is 0. The van der Waals surface area contributed by atoms with Gasteiger partial charge in [-0.05, 0) is 38.0 Å². The largest absolute Gasteiger partial charge is 0.454 e. The molecule has 0 aliphatic heterocycles. The Morgan fingerprint density at radius 1 is 1.00 bits per heavy atom. The van der Waals surface area contributed by atoms with Gasteiger partial charge < -0.3 is 9.64 Å². The molecule has 0 radical (unpaired) electrons. The third kappa shape index (κ3) is 6.59. The number of amides is 1. The van der Waals surface area contributed by atoms with Gasteiger partial charge in [-0.1, -0.05) is 48.5 Å². The molecule has 0 fully saturated rings. The highest BCUT2D eigenvalue weighted by Gasteiger charge is 2.24. The number of carbonyl (C=O) groups excluding carboxylic acids is 2. The lowest BCUT2D eigenvalue weighted by Crippen LogP contribution is -2.41. The number of aryl methyl sites for hydroxylation is 1. The van der Waals surface area contributed by atoms with E-state index in [1.54, 1.807) is 36.1 Å². The summed E-state index contributed by atoms with van der Waals surface area (Å²) >= 11 is 0. The van der Waals surface area contributed by atoms with Gasteiger partial charge in [0, 0.05) is 12.6 Å². The molecule has 8 heteroatoms. The molecule has 2 rings (SSSR count). The van der Waals surface area contributed by atoms with Gasteiger partial charge in [0.25, 0.3) is 5.91 Å². The highest BCUT2D eigenvalue weighted by atomic mass is 32.2. The van der Waals surface area contributed by atoms with Gasteiger partial charge in [0.1, 0.15) is 6.54 Å². The molecule has 0 N–H and O–H groups in total. The number of sulfonamides is 1. The number of carbonyl (C=O) groups is 2. The Bertz CT molecular complexity index is 974. The number of hydrogen-bond donors (Lipinski definition) is 0. The van der Waals surface area contributed by atoms with E-state index in [2.05, 4.69) is 0 Å². The molecule has 0 saturated heterocycles. The van der Waals surface area contributed by atoms with Gasteiger partial charge in [-0.3, -0.25) is 13.9 Å². The van der Waals surface area contributed by atoms with Crippen molar-refractivity contribution in [2.45, 2.75) is 33.4 Å². The number of anilines is 1. The molecule has 0 bridgehead atoms. The van der Waals surface area contributed by atoms with E-state index in [0.29, 0.717) is 17.8 Å². The lowest BCUT2D eigenvalue weighted by atomic mass is 10.2. The van der Waals surface area contributed by atoms with Crippen LogP contribution >= 0.6 is 0 Å². The van der Waals surface area contributed by atoms with Crippen molar-refractivity contribution in [2.24, 2.45) is 0 Å². The molecule has 0 heterocycles. The van der Waals surface area contributed by atoms with Crippen molar-refractivity contribution in [2.75, 3.05) is 23.7 Å². The summed E-state index contributed by atoms with van der Waals surface area (Å²) in [6.45, 7) is 4.96. The fourth-order valence-electron chi connectivity index (χ4n) is 2.95. The highest BCUT2D eigenvalue weighted by Crippen LogP contribution is 2.21. The fourth-order valence-corrected chi connectivity index (χ4v) is 3.85. The Hall–Kier alpha value is -2.87. The molecule has 7 nitrogen and oxygen atoms in total. The van der Waals surface area contributed by atoms with Crippen molar-refractivity contribution < 1.29 is 22.7 Å². The Balaban J connectivity index is 2.03. The molecule has 30 heavy (non-hydrogen) atoms. The molecule has 0 unspecified atom stereocenters. The molecule has 0 spiro atoms. The van der Waals surface area contributed by atoms with E-state index >= 15 is 0 Å². The molecule has 2 aromatic carbocycles. The summed E-state index contributed by atoms with van der Waals surface area (Å²) in [7, 11) is -3.71. The maximum absolute atomic E-state index is 12.6. The van der Waals surface area contributed by atoms with Crippen LogP contribution in [0.5, 0.6) is 0 Å². The molecule has 0 aromatic heterocycles. The molecule has 0 atom stereocenters. The predicted molar refractivity (Wildman–Crippen MR) is 116 cm³/mol. The smallest absolute Gasteiger partial charge is 0.327 e. The van der Waals surface area contributed by atoms with Crippen molar-refractivity contribution in [3.05, 3.63) is 65.7 Å². The second-order valence-corrected chi connectivity index (χ2v) is 9.22. The van der Waals surface area contributed by atoms with Gasteiger partial charge in [-0.25, -0.2) is 8.42 Å². The van der Waals surface area contributed by atoms with Crippen molar-refractivity contribution >= 4 is 27.6 Å². The maximum Gasteiger partial charge on any atom is 0.327 e. The van der Waals surface area contributed by atoms with Crippen LogP contribution in [0.1, 0.15) is 25.0 Å². The maximum atomic E-state index is 12.6. The van der Waals surface area contributed by atoms with E-state index in [1.807, 2.05) is 44.2 Å². The lowest BCUT2D eigenvalue weighted by Gasteiger charge is -2.27. The summed E-state index contributed by atoms with van der Waals surface area (Å²) in [6, 6.07) is 16.3. The van der Waals surface area contributed by atoms with Gasteiger partial charge in [-0.2, -0.15) is 0 Å². The number of esters is 1. The van der Waals surface area contributed by atoms with Crippen LogP contribution in [0.15, 0.2) is 54.6 Å². The standard InChI is InChI=1S/C22H28N2O5S/c1-17(2)23(14-19-11-6-5-7-12-19)21(25)16-29-22(26)15-24(30(4,27)28)20-13-9-8-10-18(20)3/h5-13,17H,14-16H2,1-4H3.